The van der Waals surface area contributed by atoms with Gasteiger partial charge >= 0.3 is 0 Å². The Morgan fingerprint density at radius 2 is 2.03 bits per heavy atom. The number of ether oxygens (including phenoxy) is 2. The van der Waals surface area contributed by atoms with Crippen molar-refractivity contribution in [2.75, 3.05) is 38.2 Å². The zero-order valence-electron chi connectivity index (χ0n) is 16.8. The molecule has 6 nitrogen and oxygen atoms in total. The zero-order chi connectivity index (χ0) is 20.5. The highest BCUT2D eigenvalue weighted by molar-refractivity contribution is 9.10. The van der Waals surface area contributed by atoms with Crippen LogP contribution in [0.4, 0.5) is 5.69 Å². The fourth-order valence-electron chi connectivity index (χ4n) is 3.46. The predicted molar refractivity (Wildman–Crippen MR) is 118 cm³/mol. The molecule has 0 bridgehead atoms. The summed E-state index contributed by atoms with van der Waals surface area (Å²) >= 11 is 3.52. The van der Waals surface area contributed by atoms with Gasteiger partial charge in [0.15, 0.2) is 0 Å². The smallest absolute Gasteiger partial charge is 0.254 e. The van der Waals surface area contributed by atoms with Crippen LogP contribution in [0.5, 0.6) is 5.75 Å². The molecular weight excluding hydrogens is 434 g/mol. The van der Waals surface area contributed by atoms with Gasteiger partial charge in [0.25, 0.3) is 5.91 Å². The fourth-order valence-corrected chi connectivity index (χ4v) is 3.93. The summed E-state index contributed by atoms with van der Waals surface area (Å²) in [6.45, 7) is 5.44. The van der Waals surface area contributed by atoms with Gasteiger partial charge in [-0.05, 0) is 49.6 Å². The molecule has 1 aromatic carbocycles. The lowest BCUT2D eigenvalue weighted by atomic mass is 10.0. The minimum Gasteiger partial charge on any atom is -0.492 e. The number of aromatic nitrogens is 1. The predicted octanol–water partition coefficient (Wildman–Crippen LogP) is 4.37. The molecule has 1 aliphatic rings. The topological polar surface area (TPSA) is 63.7 Å². The molecule has 1 saturated heterocycles. The summed E-state index contributed by atoms with van der Waals surface area (Å²) in [4.78, 5) is 19.2. The highest BCUT2D eigenvalue weighted by Crippen LogP contribution is 2.25. The standard InChI is InChI=1S/C22H28BrN3O3/c1-2-10-26(20-5-11-28-12-6-20)22(27)17-14-18(23)16-21(15-17)29-13-9-25-19-3-7-24-8-4-19/h3-4,7-8,14-16,20H,2,5-6,9-13H2,1H3,(H,24,25). The maximum atomic E-state index is 13.2. The highest BCUT2D eigenvalue weighted by Gasteiger charge is 2.26. The van der Waals surface area contributed by atoms with Gasteiger partial charge in [-0.1, -0.05) is 22.9 Å². The number of nitrogens with zero attached hydrogens (tertiary/aromatic N) is 2. The van der Waals surface area contributed by atoms with Gasteiger partial charge in [-0.15, -0.1) is 0 Å². The molecule has 2 heterocycles. The monoisotopic (exact) mass is 461 g/mol. The van der Waals surface area contributed by atoms with Crippen LogP contribution in [-0.4, -0.2) is 54.7 Å². The molecule has 1 fully saturated rings. The van der Waals surface area contributed by atoms with Gasteiger partial charge < -0.3 is 19.7 Å². The van der Waals surface area contributed by atoms with Crippen molar-refractivity contribution in [1.82, 2.24) is 9.88 Å². The normalized spacial score (nSPS) is 14.4. The van der Waals surface area contributed by atoms with E-state index in [1.165, 1.54) is 0 Å². The zero-order valence-corrected chi connectivity index (χ0v) is 18.4. The lowest BCUT2D eigenvalue weighted by molar-refractivity contribution is 0.0290. The van der Waals surface area contributed by atoms with E-state index < -0.39 is 0 Å². The Labute approximate surface area is 180 Å². The molecular formula is C22H28BrN3O3. The van der Waals surface area contributed by atoms with Crippen molar-refractivity contribution < 1.29 is 14.3 Å². The first-order valence-corrected chi connectivity index (χ1v) is 10.9. The number of hydrogen-bond donors (Lipinski definition) is 1. The average Bonchev–Trinajstić information content (AvgIpc) is 2.75. The molecule has 7 heteroatoms. The van der Waals surface area contributed by atoms with E-state index in [9.17, 15) is 4.79 Å². The number of hydrogen-bond acceptors (Lipinski definition) is 5. The average molecular weight is 462 g/mol. The van der Waals surface area contributed by atoms with Crippen LogP contribution in [0.15, 0.2) is 47.2 Å². The number of anilines is 1. The number of halogens is 1. The minimum absolute atomic E-state index is 0.0554. The summed E-state index contributed by atoms with van der Waals surface area (Å²) < 4.78 is 12.2. The summed E-state index contributed by atoms with van der Waals surface area (Å²) in [5.41, 5.74) is 1.65. The molecule has 1 aliphatic heterocycles. The largest absolute Gasteiger partial charge is 0.492 e. The first-order valence-electron chi connectivity index (χ1n) is 10.1. The van der Waals surface area contributed by atoms with Crippen LogP contribution in [0.2, 0.25) is 0 Å². The van der Waals surface area contributed by atoms with Crippen LogP contribution in [0, 0.1) is 0 Å². The van der Waals surface area contributed by atoms with Crippen molar-refractivity contribution in [2.45, 2.75) is 32.2 Å². The Kier molecular flexibility index (Phi) is 8.31. The lowest BCUT2D eigenvalue weighted by Crippen LogP contribution is -2.43. The molecule has 0 saturated carbocycles. The second kappa shape index (κ2) is 11.2. The second-order valence-corrected chi connectivity index (χ2v) is 7.94. The van der Waals surface area contributed by atoms with Crippen molar-refractivity contribution in [3.05, 3.63) is 52.8 Å². The molecule has 1 N–H and O–H groups in total. The number of amides is 1. The summed E-state index contributed by atoms with van der Waals surface area (Å²) in [6, 6.07) is 9.66. The van der Waals surface area contributed by atoms with Crippen LogP contribution in [0.3, 0.4) is 0 Å². The number of rotatable bonds is 9. The number of carbonyl (C=O) groups is 1. The maximum absolute atomic E-state index is 13.2. The van der Waals surface area contributed by atoms with Gasteiger partial charge in [-0.2, -0.15) is 0 Å². The van der Waals surface area contributed by atoms with Crippen molar-refractivity contribution in [3.8, 4) is 5.75 Å². The number of carbonyl (C=O) groups excluding carboxylic acids is 1. The van der Waals surface area contributed by atoms with Gasteiger partial charge in [-0.25, -0.2) is 0 Å². The van der Waals surface area contributed by atoms with Crippen LogP contribution >= 0.6 is 15.9 Å². The molecule has 1 aromatic heterocycles. The van der Waals surface area contributed by atoms with Gasteiger partial charge in [0.2, 0.25) is 0 Å². The van der Waals surface area contributed by atoms with Crippen LogP contribution < -0.4 is 10.1 Å². The van der Waals surface area contributed by atoms with Crippen LogP contribution in [0.25, 0.3) is 0 Å². The van der Waals surface area contributed by atoms with Crippen molar-refractivity contribution >= 4 is 27.5 Å². The third-order valence-electron chi connectivity index (χ3n) is 4.86. The Balaban J connectivity index is 1.62. The van der Waals surface area contributed by atoms with Crippen molar-refractivity contribution in [2.24, 2.45) is 0 Å². The van der Waals surface area contributed by atoms with Gasteiger partial charge in [0.1, 0.15) is 12.4 Å². The number of nitrogens with one attached hydrogen (secondary N) is 1. The second-order valence-electron chi connectivity index (χ2n) is 7.03. The summed E-state index contributed by atoms with van der Waals surface area (Å²) in [6.07, 6.45) is 6.21. The maximum Gasteiger partial charge on any atom is 0.254 e. The van der Waals surface area contributed by atoms with E-state index in [2.05, 4.69) is 33.2 Å². The van der Waals surface area contributed by atoms with E-state index in [-0.39, 0.29) is 11.9 Å². The molecule has 1 amide bonds. The molecule has 0 spiro atoms. The number of pyridine rings is 1. The molecule has 0 unspecified atom stereocenters. The van der Waals surface area contributed by atoms with E-state index in [4.69, 9.17) is 9.47 Å². The molecule has 29 heavy (non-hydrogen) atoms. The van der Waals surface area contributed by atoms with E-state index in [0.717, 1.165) is 49.2 Å². The SMILES string of the molecule is CCCN(C(=O)c1cc(Br)cc(OCCNc2ccncc2)c1)C1CCOCC1. The molecule has 0 atom stereocenters. The first-order chi connectivity index (χ1) is 14.2. The molecule has 2 aromatic rings. The summed E-state index contributed by atoms with van der Waals surface area (Å²) in [5, 5.41) is 3.28. The van der Waals surface area contributed by atoms with E-state index in [1.54, 1.807) is 12.4 Å². The Morgan fingerprint density at radius 3 is 2.76 bits per heavy atom. The van der Waals surface area contributed by atoms with Crippen LogP contribution in [-0.2, 0) is 4.74 Å². The third kappa shape index (κ3) is 6.44. The Morgan fingerprint density at radius 1 is 1.28 bits per heavy atom. The van der Waals surface area contributed by atoms with Gasteiger partial charge in [-0.3, -0.25) is 9.78 Å². The molecule has 3 rings (SSSR count). The van der Waals surface area contributed by atoms with E-state index in [1.807, 2.05) is 35.2 Å². The first kappa shape index (κ1) is 21.6. The lowest BCUT2D eigenvalue weighted by Gasteiger charge is -2.34. The quantitative estimate of drug-likeness (QED) is 0.561. The Hall–Kier alpha value is -2.12. The molecule has 0 radical (unpaired) electrons. The van der Waals surface area contributed by atoms with Crippen LogP contribution in [0.1, 0.15) is 36.5 Å². The minimum atomic E-state index is 0.0554. The number of benzene rings is 1. The van der Waals surface area contributed by atoms with Gasteiger partial charge in [0.05, 0.1) is 0 Å². The highest BCUT2D eigenvalue weighted by atomic mass is 79.9. The van der Waals surface area contributed by atoms with Crippen molar-refractivity contribution in [3.63, 3.8) is 0 Å². The fraction of sp³-hybridized carbons (Fsp3) is 0.455. The van der Waals surface area contributed by atoms with Crippen molar-refractivity contribution in [1.29, 1.82) is 0 Å². The Bertz CT molecular complexity index is 782. The summed E-state index contributed by atoms with van der Waals surface area (Å²) in [7, 11) is 0. The summed E-state index contributed by atoms with van der Waals surface area (Å²) in [5.74, 6) is 0.738. The van der Waals surface area contributed by atoms with Gasteiger partial charge in [0, 0.05) is 60.5 Å². The van der Waals surface area contributed by atoms with E-state index in [0.29, 0.717) is 24.5 Å². The molecule has 156 valence electrons. The van der Waals surface area contributed by atoms with E-state index >= 15 is 0 Å². The third-order valence-corrected chi connectivity index (χ3v) is 5.31. The molecule has 0 aliphatic carbocycles.